The molecule has 0 saturated carbocycles. The van der Waals surface area contributed by atoms with E-state index in [0.29, 0.717) is 11.7 Å². The number of para-hydroxylation sites is 1. The van der Waals surface area contributed by atoms with Gasteiger partial charge in [0.2, 0.25) is 17.7 Å². The van der Waals surface area contributed by atoms with Crippen molar-refractivity contribution in [3.63, 3.8) is 0 Å². The fourth-order valence-corrected chi connectivity index (χ4v) is 2.78. The van der Waals surface area contributed by atoms with Gasteiger partial charge in [-0.2, -0.15) is 4.98 Å². The van der Waals surface area contributed by atoms with Crippen molar-refractivity contribution >= 4 is 29.3 Å². The average molecular weight is 376 g/mol. The normalized spacial score (nSPS) is 10.8. The first-order valence-corrected chi connectivity index (χ1v) is 9.62. The molecule has 1 N–H and O–H groups in total. The van der Waals surface area contributed by atoms with Crippen LogP contribution >= 0.6 is 11.8 Å². The minimum Gasteiger partial charge on any atom is -0.337 e. The second-order valence-electron chi connectivity index (χ2n) is 6.20. The Balaban J connectivity index is 1.82. The number of thioether (sulfide) groups is 1. The molecule has 0 aliphatic rings. The molecule has 1 aromatic carbocycles. The van der Waals surface area contributed by atoms with E-state index in [9.17, 15) is 9.59 Å². The summed E-state index contributed by atoms with van der Waals surface area (Å²) in [6.45, 7) is 4.17. The molecule has 26 heavy (non-hydrogen) atoms. The van der Waals surface area contributed by atoms with Crippen molar-refractivity contribution in [1.29, 1.82) is 0 Å². The molecule has 2 rings (SSSR count). The number of nitrogens with one attached hydrogen (secondary N) is 1. The quantitative estimate of drug-likeness (QED) is 0.711. The van der Waals surface area contributed by atoms with E-state index in [1.807, 2.05) is 44.4 Å². The molecule has 1 aromatic heterocycles. The first kappa shape index (κ1) is 20.0. The summed E-state index contributed by atoms with van der Waals surface area (Å²) in [7, 11) is 1.66. The zero-order valence-corrected chi connectivity index (χ0v) is 16.3. The monoisotopic (exact) mass is 376 g/mol. The standard InChI is InChI=1S/C18H24N4O3S/c1-12(2)18-20-16(25-21-18)11-22(3)17(24)10-9-15(23)19-13-7-5-6-8-14(13)26-4/h5-8,12H,9-11H2,1-4H3,(H,19,23). The van der Waals surface area contributed by atoms with Gasteiger partial charge in [-0.25, -0.2) is 0 Å². The number of aromatic nitrogens is 2. The Labute approximate surface area is 157 Å². The van der Waals surface area contributed by atoms with E-state index in [-0.39, 0.29) is 37.1 Å². The number of carbonyl (C=O) groups excluding carboxylic acids is 2. The van der Waals surface area contributed by atoms with Crippen molar-refractivity contribution < 1.29 is 14.1 Å². The zero-order chi connectivity index (χ0) is 19.1. The third kappa shape index (κ3) is 5.59. The maximum Gasteiger partial charge on any atom is 0.246 e. The minimum absolute atomic E-state index is 0.118. The van der Waals surface area contributed by atoms with E-state index in [2.05, 4.69) is 15.5 Å². The number of rotatable bonds is 8. The Morgan fingerprint density at radius 2 is 2.00 bits per heavy atom. The van der Waals surface area contributed by atoms with Crippen LogP contribution in [0.3, 0.4) is 0 Å². The molecule has 2 amide bonds. The third-order valence-electron chi connectivity index (χ3n) is 3.75. The molecule has 0 atom stereocenters. The van der Waals surface area contributed by atoms with E-state index >= 15 is 0 Å². The maximum atomic E-state index is 12.2. The molecule has 7 nitrogen and oxygen atoms in total. The topological polar surface area (TPSA) is 88.3 Å². The van der Waals surface area contributed by atoms with Gasteiger partial charge in [-0.05, 0) is 18.4 Å². The number of hydrogen-bond acceptors (Lipinski definition) is 6. The van der Waals surface area contributed by atoms with E-state index in [0.717, 1.165) is 10.6 Å². The predicted molar refractivity (Wildman–Crippen MR) is 101 cm³/mol. The van der Waals surface area contributed by atoms with Crippen LogP contribution in [-0.4, -0.2) is 40.2 Å². The minimum atomic E-state index is -0.187. The highest BCUT2D eigenvalue weighted by molar-refractivity contribution is 7.98. The fraction of sp³-hybridized carbons (Fsp3) is 0.444. The van der Waals surface area contributed by atoms with Crippen molar-refractivity contribution in [3.05, 3.63) is 36.0 Å². The van der Waals surface area contributed by atoms with Crippen molar-refractivity contribution in [2.24, 2.45) is 0 Å². The molecule has 0 saturated heterocycles. The predicted octanol–water partition coefficient (Wildman–Crippen LogP) is 3.29. The molecule has 0 fully saturated rings. The lowest BCUT2D eigenvalue weighted by molar-refractivity contribution is -0.132. The first-order chi connectivity index (χ1) is 12.4. The van der Waals surface area contributed by atoms with Crippen LogP contribution in [0.5, 0.6) is 0 Å². The van der Waals surface area contributed by atoms with E-state index in [1.54, 1.807) is 18.8 Å². The Morgan fingerprint density at radius 3 is 2.65 bits per heavy atom. The second kappa shape index (κ2) is 9.38. The van der Waals surface area contributed by atoms with Crippen molar-refractivity contribution in [3.8, 4) is 0 Å². The molecule has 1 heterocycles. The lowest BCUT2D eigenvalue weighted by Crippen LogP contribution is -2.27. The largest absolute Gasteiger partial charge is 0.337 e. The summed E-state index contributed by atoms with van der Waals surface area (Å²) in [5.74, 6) is 0.840. The molecule has 0 unspecified atom stereocenters. The summed E-state index contributed by atoms with van der Waals surface area (Å²) < 4.78 is 5.14. The van der Waals surface area contributed by atoms with Crippen LogP contribution in [0, 0.1) is 0 Å². The molecule has 0 bridgehead atoms. The van der Waals surface area contributed by atoms with Gasteiger partial charge in [0.25, 0.3) is 0 Å². The number of amides is 2. The van der Waals surface area contributed by atoms with Crippen LogP contribution < -0.4 is 5.32 Å². The van der Waals surface area contributed by atoms with E-state index in [4.69, 9.17) is 4.52 Å². The summed E-state index contributed by atoms with van der Waals surface area (Å²) in [5, 5.41) is 6.73. The molecule has 0 aliphatic heterocycles. The molecule has 8 heteroatoms. The smallest absolute Gasteiger partial charge is 0.246 e. The van der Waals surface area contributed by atoms with Gasteiger partial charge in [0, 0.05) is 30.7 Å². The van der Waals surface area contributed by atoms with Gasteiger partial charge >= 0.3 is 0 Å². The zero-order valence-electron chi connectivity index (χ0n) is 15.5. The van der Waals surface area contributed by atoms with Crippen molar-refractivity contribution in [2.75, 3.05) is 18.6 Å². The number of carbonyl (C=O) groups is 2. The Kier molecular flexibility index (Phi) is 7.20. The lowest BCUT2D eigenvalue weighted by atomic mass is 10.2. The molecule has 140 valence electrons. The molecule has 0 aliphatic carbocycles. The van der Waals surface area contributed by atoms with Gasteiger partial charge in [0.05, 0.1) is 12.2 Å². The average Bonchev–Trinajstić information content (AvgIpc) is 3.09. The summed E-state index contributed by atoms with van der Waals surface area (Å²) in [5.41, 5.74) is 0.762. The van der Waals surface area contributed by atoms with Crippen LogP contribution in [0.2, 0.25) is 0 Å². The highest BCUT2D eigenvalue weighted by Gasteiger charge is 2.16. The molecule has 0 spiro atoms. The van der Waals surface area contributed by atoms with Crippen LogP contribution in [0.15, 0.2) is 33.7 Å². The molecule has 0 radical (unpaired) electrons. The molecule has 2 aromatic rings. The van der Waals surface area contributed by atoms with Crippen LogP contribution in [0.1, 0.15) is 44.3 Å². The number of anilines is 1. The number of benzene rings is 1. The van der Waals surface area contributed by atoms with Crippen LogP contribution in [0.25, 0.3) is 0 Å². The summed E-state index contributed by atoms with van der Waals surface area (Å²) in [6, 6.07) is 7.57. The number of hydrogen-bond donors (Lipinski definition) is 1. The van der Waals surface area contributed by atoms with Gasteiger partial charge < -0.3 is 14.7 Å². The van der Waals surface area contributed by atoms with Gasteiger partial charge in [0.1, 0.15) is 0 Å². The lowest BCUT2D eigenvalue weighted by Gasteiger charge is -2.15. The summed E-state index contributed by atoms with van der Waals surface area (Å²) in [4.78, 5) is 31.1. The SMILES string of the molecule is CSc1ccccc1NC(=O)CCC(=O)N(C)Cc1nc(C(C)C)no1. The third-order valence-corrected chi connectivity index (χ3v) is 4.54. The van der Waals surface area contributed by atoms with Crippen LogP contribution in [0.4, 0.5) is 5.69 Å². The Bertz CT molecular complexity index is 760. The van der Waals surface area contributed by atoms with E-state index < -0.39 is 0 Å². The summed E-state index contributed by atoms with van der Waals surface area (Å²) in [6.07, 6.45) is 2.19. The van der Waals surface area contributed by atoms with Crippen molar-refractivity contribution in [1.82, 2.24) is 15.0 Å². The van der Waals surface area contributed by atoms with Gasteiger partial charge in [-0.3, -0.25) is 9.59 Å². The van der Waals surface area contributed by atoms with Gasteiger partial charge in [-0.15, -0.1) is 11.8 Å². The molecular formula is C18H24N4O3S. The van der Waals surface area contributed by atoms with Crippen molar-refractivity contribution in [2.45, 2.75) is 44.0 Å². The molecular weight excluding hydrogens is 352 g/mol. The number of nitrogens with zero attached hydrogens (tertiary/aromatic N) is 3. The summed E-state index contributed by atoms with van der Waals surface area (Å²) >= 11 is 1.56. The van der Waals surface area contributed by atoms with E-state index in [1.165, 1.54) is 4.90 Å². The fourth-order valence-electron chi connectivity index (χ4n) is 2.23. The Morgan fingerprint density at radius 1 is 1.27 bits per heavy atom. The maximum absolute atomic E-state index is 12.2. The Hall–Kier alpha value is -2.35. The van der Waals surface area contributed by atoms with Crippen LogP contribution in [-0.2, 0) is 16.1 Å². The van der Waals surface area contributed by atoms with Gasteiger partial charge in [0.15, 0.2) is 5.82 Å². The highest BCUT2D eigenvalue weighted by Crippen LogP contribution is 2.24. The second-order valence-corrected chi connectivity index (χ2v) is 7.05. The first-order valence-electron chi connectivity index (χ1n) is 8.40. The van der Waals surface area contributed by atoms with Gasteiger partial charge in [-0.1, -0.05) is 31.1 Å². The highest BCUT2D eigenvalue weighted by atomic mass is 32.2.